The van der Waals surface area contributed by atoms with Crippen molar-refractivity contribution >= 4 is 29.3 Å². The van der Waals surface area contributed by atoms with Crippen molar-refractivity contribution in [2.24, 2.45) is 0 Å². The molecule has 4 rings (SSSR count). The van der Waals surface area contributed by atoms with E-state index in [1.807, 2.05) is 47.4 Å². The molecule has 2 aromatic rings. The lowest BCUT2D eigenvalue weighted by molar-refractivity contribution is 0.0792. The van der Waals surface area contributed by atoms with Crippen LogP contribution in [0.5, 0.6) is 0 Å². The molecule has 0 N–H and O–H groups in total. The van der Waals surface area contributed by atoms with Crippen molar-refractivity contribution in [3.63, 3.8) is 0 Å². The van der Waals surface area contributed by atoms with E-state index in [4.69, 9.17) is 0 Å². The zero-order valence-electron chi connectivity index (χ0n) is 14.5. The van der Waals surface area contributed by atoms with Crippen LogP contribution in [0.3, 0.4) is 0 Å². The number of likely N-dealkylation sites (tertiary alicyclic amines) is 1. The molecule has 5 heteroatoms. The first kappa shape index (κ1) is 16.9. The predicted octanol–water partition coefficient (Wildman–Crippen LogP) is 4.22. The van der Waals surface area contributed by atoms with E-state index in [1.165, 1.54) is 0 Å². The van der Waals surface area contributed by atoms with Gasteiger partial charge in [-0.2, -0.15) is 0 Å². The molecule has 2 aliphatic rings. The first-order chi connectivity index (χ1) is 12.7. The fourth-order valence-electron chi connectivity index (χ4n) is 3.47. The van der Waals surface area contributed by atoms with Crippen molar-refractivity contribution in [3.8, 4) is 0 Å². The first-order valence-corrected chi connectivity index (χ1v) is 9.63. The van der Waals surface area contributed by atoms with E-state index in [2.05, 4.69) is 6.58 Å². The molecule has 0 unspecified atom stereocenters. The summed E-state index contributed by atoms with van der Waals surface area (Å²) >= 11 is 1.57. The molecule has 0 bridgehead atoms. The number of hydrogen-bond acceptors (Lipinski definition) is 3. The minimum Gasteiger partial charge on any atom is -0.339 e. The monoisotopic (exact) mass is 364 g/mol. The van der Waals surface area contributed by atoms with E-state index in [-0.39, 0.29) is 11.8 Å². The van der Waals surface area contributed by atoms with Crippen LogP contribution in [0.25, 0.3) is 0 Å². The second kappa shape index (κ2) is 7.00. The van der Waals surface area contributed by atoms with Gasteiger partial charge in [-0.15, -0.1) is 6.58 Å². The van der Waals surface area contributed by atoms with E-state index in [9.17, 15) is 9.59 Å². The quantitative estimate of drug-likeness (QED) is 0.766. The highest BCUT2D eigenvalue weighted by Gasteiger charge is 2.28. The third kappa shape index (κ3) is 2.92. The number of amides is 2. The molecule has 0 radical (unpaired) electrons. The molecule has 26 heavy (non-hydrogen) atoms. The Labute approximate surface area is 157 Å². The average Bonchev–Trinajstić information content (AvgIpc) is 3.17. The van der Waals surface area contributed by atoms with Gasteiger partial charge < -0.3 is 9.80 Å². The summed E-state index contributed by atoms with van der Waals surface area (Å²) in [5, 5.41) is 0. The van der Waals surface area contributed by atoms with Gasteiger partial charge in [0, 0.05) is 35.0 Å². The van der Waals surface area contributed by atoms with Crippen LogP contribution in [0.1, 0.15) is 33.6 Å². The summed E-state index contributed by atoms with van der Waals surface area (Å²) in [7, 11) is 0. The zero-order valence-corrected chi connectivity index (χ0v) is 15.3. The summed E-state index contributed by atoms with van der Waals surface area (Å²) < 4.78 is 0. The van der Waals surface area contributed by atoms with Crippen molar-refractivity contribution in [1.29, 1.82) is 0 Å². The fourth-order valence-corrected chi connectivity index (χ4v) is 4.52. The molecule has 0 atom stereocenters. The summed E-state index contributed by atoms with van der Waals surface area (Å²) in [6, 6.07) is 13.3. The maximum Gasteiger partial charge on any atom is 0.259 e. The number of carbonyl (C=O) groups is 2. The Morgan fingerprint density at radius 3 is 2.65 bits per heavy atom. The van der Waals surface area contributed by atoms with E-state index >= 15 is 0 Å². The Bertz CT molecular complexity index is 887. The molecule has 0 spiro atoms. The maximum atomic E-state index is 13.1. The van der Waals surface area contributed by atoms with Crippen LogP contribution in [-0.4, -0.2) is 36.3 Å². The lowest BCUT2D eigenvalue weighted by atomic mass is 10.1. The van der Waals surface area contributed by atoms with Gasteiger partial charge in [-0.25, -0.2) is 0 Å². The summed E-state index contributed by atoms with van der Waals surface area (Å²) in [5.74, 6) is -0.0133. The predicted molar refractivity (Wildman–Crippen MR) is 104 cm³/mol. The van der Waals surface area contributed by atoms with Crippen LogP contribution in [0.2, 0.25) is 0 Å². The summed E-state index contributed by atoms with van der Waals surface area (Å²) in [4.78, 5) is 31.4. The number of anilines is 1. The number of rotatable bonds is 3. The van der Waals surface area contributed by atoms with Gasteiger partial charge in [0.2, 0.25) is 0 Å². The van der Waals surface area contributed by atoms with Gasteiger partial charge in [0.1, 0.15) is 0 Å². The smallest absolute Gasteiger partial charge is 0.259 e. The van der Waals surface area contributed by atoms with E-state index in [1.54, 1.807) is 22.7 Å². The fraction of sp³-hybridized carbons (Fsp3) is 0.238. The molecule has 1 fully saturated rings. The molecular formula is C21H20N2O2S. The van der Waals surface area contributed by atoms with Gasteiger partial charge in [-0.3, -0.25) is 9.59 Å². The minimum absolute atomic E-state index is 0.0445. The van der Waals surface area contributed by atoms with Gasteiger partial charge >= 0.3 is 0 Å². The summed E-state index contributed by atoms with van der Waals surface area (Å²) in [5.41, 5.74) is 2.10. The lowest BCUT2D eigenvalue weighted by Gasteiger charge is -2.23. The highest BCUT2D eigenvalue weighted by molar-refractivity contribution is 7.99. The molecular weight excluding hydrogens is 344 g/mol. The van der Waals surface area contributed by atoms with Gasteiger partial charge in [0.05, 0.1) is 11.3 Å². The number of benzene rings is 2. The van der Waals surface area contributed by atoms with Crippen molar-refractivity contribution in [2.75, 3.05) is 24.5 Å². The third-order valence-electron chi connectivity index (χ3n) is 4.78. The largest absolute Gasteiger partial charge is 0.339 e. The van der Waals surface area contributed by atoms with Crippen molar-refractivity contribution < 1.29 is 9.59 Å². The molecule has 4 nitrogen and oxygen atoms in total. The first-order valence-electron chi connectivity index (χ1n) is 8.82. The number of fused-ring (bicyclic) bond motifs is 2. The van der Waals surface area contributed by atoms with E-state index in [0.717, 1.165) is 41.4 Å². The Morgan fingerprint density at radius 1 is 1.12 bits per heavy atom. The SMILES string of the molecule is C=CCN1C(=O)c2ccccc2Sc2ccc(C(=O)N3CCCC3)cc21. The third-order valence-corrected chi connectivity index (χ3v) is 5.93. The van der Waals surface area contributed by atoms with Crippen LogP contribution in [0.4, 0.5) is 5.69 Å². The Morgan fingerprint density at radius 2 is 1.88 bits per heavy atom. The van der Waals surface area contributed by atoms with Gasteiger partial charge in [0.25, 0.3) is 11.8 Å². The van der Waals surface area contributed by atoms with E-state index in [0.29, 0.717) is 17.7 Å². The summed E-state index contributed by atoms with van der Waals surface area (Å²) in [6.07, 6.45) is 3.83. The molecule has 0 aromatic heterocycles. The Balaban J connectivity index is 1.79. The van der Waals surface area contributed by atoms with Crippen molar-refractivity contribution in [2.45, 2.75) is 22.6 Å². The molecule has 132 valence electrons. The van der Waals surface area contributed by atoms with Crippen LogP contribution < -0.4 is 4.90 Å². The Kier molecular flexibility index (Phi) is 4.55. The Hall–Kier alpha value is -2.53. The molecule has 0 saturated carbocycles. The maximum absolute atomic E-state index is 13.1. The minimum atomic E-state index is -0.0579. The van der Waals surface area contributed by atoms with Crippen LogP contribution in [0, 0.1) is 0 Å². The number of carbonyl (C=O) groups excluding carboxylic acids is 2. The summed E-state index contributed by atoms with van der Waals surface area (Å²) in [6.45, 7) is 5.82. The number of hydrogen-bond donors (Lipinski definition) is 0. The van der Waals surface area contributed by atoms with E-state index < -0.39 is 0 Å². The highest BCUT2D eigenvalue weighted by Crippen LogP contribution is 2.41. The van der Waals surface area contributed by atoms with Gasteiger partial charge in [-0.05, 0) is 43.2 Å². The normalized spacial score (nSPS) is 16.1. The molecule has 2 heterocycles. The standard InChI is InChI=1S/C21H20N2O2S/c1-2-11-23-17-14-15(20(24)22-12-5-6-13-22)9-10-19(17)26-18-8-4-3-7-16(18)21(23)25/h2-4,7-10,14H,1,5-6,11-13H2. The lowest BCUT2D eigenvalue weighted by Crippen LogP contribution is -2.32. The molecule has 2 aromatic carbocycles. The second-order valence-corrected chi connectivity index (χ2v) is 7.57. The molecule has 0 aliphatic carbocycles. The van der Waals surface area contributed by atoms with Gasteiger partial charge in [-0.1, -0.05) is 30.0 Å². The topological polar surface area (TPSA) is 40.6 Å². The second-order valence-electron chi connectivity index (χ2n) is 6.48. The molecule has 2 aliphatic heterocycles. The van der Waals surface area contributed by atoms with Crippen LogP contribution in [-0.2, 0) is 0 Å². The van der Waals surface area contributed by atoms with Crippen molar-refractivity contribution in [3.05, 3.63) is 66.2 Å². The van der Waals surface area contributed by atoms with Gasteiger partial charge in [0.15, 0.2) is 0 Å². The zero-order chi connectivity index (χ0) is 18.1. The highest BCUT2D eigenvalue weighted by atomic mass is 32.2. The molecule has 2 amide bonds. The van der Waals surface area contributed by atoms with Crippen LogP contribution in [0.15, 0.2) is 64.9 Å². The average molecular weight is 364 g/mol. The number of nitrogens with zero attached hydrogens (tertiary/aromatic N) is 2. The molecule has 1 saturated heterocycles. The van der Waals surface area contributed by atoms with Crippen molar-refractivity contribution in [1.82, 2.24) is 4.90 Å². The van der Waals surface area contributed by atoms with Crippen LogP contribution >= 0.6 is 11.8 Å².